The molecular formula is C12H18BN3O2. The van der Waals surface area contributed by atoms with E-state index >= 15 is 0 Å². The van der Waals surface area contributed by atoms with Gasteiger partial charge in [0.05, 0.1) is 5.56 Å². The number of carbonyl (C=O) groups excluding carboxylic acids is 1. The van der Waals surface area contributed by atoms with Crippen molar-refractivity contribution in [1.82, 2.24) is 9.79 Å². The number of aromatic nitrogens is 1. The summed E-state index contributed by atoms with van der Waals surface area (Å²) in [5.74, 6) is 0.797. The van der Waals surface area contributed by atoms with Gasteiger partial charge >= 0.3 is 7.05 Å². The fraction of sp³-hybridized carbons (Fsp3) is 0.500. The fourth-order valence-corrected chi connectivity index (χ4v) is 2.23. The van der Waals surface area contributed by atoms with Crippen molar-refractivity contribution >= 4 is 18.7 Å². The zero-order valence-electron chi connectivity index (χ0n) is 10.8. The SMILES string of the molecule is CB(O)N1CCN(c2ncccc2C(C)=O)CC1. The summed E-state index contributed by atoms with van der Waals surface area (Å²) in [5, 5.41) is 9.51. The van der Waals surface area contributed by atoms with E-state index in [1.807, 2.05) is 10.9 Å². The summed E-state index contributed by atoms with van der Waals surface area (Å²) in [4.78, 5) is 20.0. The third kappa shape index (κ3) is 2.71. The molecule has 18 heavy (non-hydrogen) atoms. The highest BCUT2D eigenvalue weighted by atomic mass is 16.2. The van der Waals surface area contributed by atoms with Crippen molar-refractivity contribution in [3.05, 3.63) is 23.9 Å². The number of nitrogens with zero attached hydrogens (tertiary/aromatic N) is 3. The number of piperazine rings is 1. The standard InChI is InChI=1S/C12H18BN3O2/c1-10(17)11-4-3-5-14-12(11)15-6-8-16(9-7-15)13(2)18/h3-5,18H,6-9H2,1-2H3. The van der Waals surface area contributed by atoms with Crippen LogP contribution < -0.4 is 4.90 Å². The van der Waals surface area contributed by atoms with Crippen molar-refractivity contribution in [3.63, 3.8) is 0 Å². The third-order valence-corrected chi connectivity index (χ3v) is 3.31. The second kappa shape index (κ2) is 5.50. The monoisotopic (exact) mass is 247 g/mol. The van der Waals surface area contributed by atoms with Gasteiger partial charge in [0.25, 0.3) is 0 Å². The predicted octanol–water partition coefficient (Wildman–Crippen LogP) is 0.516. The molecule has 0 saturated carbocycles. The Labute approximate surface area is 108 Å². The van der Waals surface area contributed by atoms with Crippen molar-refractivity contribution in [2.24, 2.45) is 0 Å². The molecule has 1 fully saturated rings. The minimum atomic E-state index is -0.414. The summed E-state index contributed by atoms with van der Waals surface area (Å²) in [6.45, 7) is 6.46. The molecule has 2 heterocycles. The first-order valence-corrected chi connectivity index (χ1v) is 6.22. The van der Waals surface area contributed by atoms with Gasteiger partial charge in [-0.25, -0.2) is 4.98 Å². The van der Waals surface area contributed by atoms with Gasteiger partial charge in [0.2, 0.25) is 0 Å². The molecule has 0 atom stereocenters. The number of ketones is 1. The molecule has 1 aromatic heterocycles. The van der Waals surface area contributed by atoms with Gasteiger partial charge in [-0.15, -0.1) is 0 Å². The van der Waals surface area contributed by atoms with Gasteiger partial charge in [0.1, 0.15) is 5.82 Å². The Morgan fingerprint density at radius 1 is 1.39 bits per heavy atom. The zero-order chi connectivity index (χ0) is 13.1. The van der Waals surface area contributed by atoms with Crippen LogP contribution in [0.15, 0.2) is 18.3 Å². The lowest BCUT2D eigenvalue weighted by Gasteiger charge is -2.36. The minimum Gasteiger partial charge on any atom is -0.437 e. The lowest BCUT2D eigenvalue weighted by molar-refractivity contribution is 0.101. The first-order chi connectivity index (χ1) is 8.59. The second-order valence-corrected chi connectivity index (χ2v) is 4.59. The molecule has 1 aromatic rings. The van der Waals surface area contributed by atoms with E-state index in [-0.39, 0.29) is 5.78 Å². The predicted molar refractivity (Wildman–Crippen MR) is 71.9 cm³/mol. The number of pyridine rings is 1. The van der Waals surface area contributed by atoms with Crippen LogP contribution in [-0.2, 0) is 0 Å². The van der Waals surface area contributed by atoms with Gasteiger partial charge in [-0.2, -0.15) is 0 Å². The topological polar surface area (TPSA) is 56.7 Å². The Kier molecular flexibility index (Phi) is 3.99. The van der Waals surface area contributed by atoms with Crippen LogP contribution in [-0.4, -0.2) is 53.8 Å². The van der Waals surface area contributed by atoms with Crippen LogP contribution in [0.3, 0.4) is 0 Å². The molecule has 6 heteroatoms. The van der Waals surface area contributed by atoms with Crippen LogP contribution in [0.1, 0.15) is 17.3 Å². The normalized spacial score (nSPS) is 16.7. The quantitative estimate of drug-likeness (QED) is 0.623. The maximum atomic E-state index is 11.6. The highest BCUT2D eigenvalue weighted by molar-refractivity contribution is 6.45. The molecule has 2 rings (SSSR count). The molecule has 1 aliphatic rings. The average molecular weight is 247 g/mol. The minimum absolute atomic E-state index is 0.0380. The third-order valence-electron chi connectivity index (χ3n) is 3.31. The first kappa shape index (κ1) is 13.0. The zero-order valence-corrected chi connectivity index (χ0v) is 10.8. The molecular weight excluding hydrogens is 229 g/mol. The summed E-state index contributed by atoms with van der Waals surface area (Å²) in [7, 11) is -0.414. The van der Waals surface area contributed by atoms with E-state index in [0.29, 0.717) is 5.56 Å². The maximum absolute atomic E-state index is 11.6. The van der Waals surface area contributed by atoms with Gasteiger partial charge < -0.3 is 14.7 Å². The van der Waals surface area contributed by atoms with Crippen LogP contribution in [0.4, 0.5) is 5.82 Å². The summed E-state index contributed by atoms with van der Waals surface area (Å²) >= 11 is 0. The molecule has 0 spiro atoms. The summed E-state index contributed by atoms with van der Waals surface area (Å²) in [5.41, 5.74) is 0.669. The number of hydrogen-bond donors (Lipinski definition) is 1. The average Bonchev–Trinajstić information content (AvgIpc) is 2.39. The number of Topliss-reactive ketones (excluding diaryl/α,β-unsaturated/α-hetero) is 1. The van der Waals surface area contributed by atoms with Gasteiger partial charge in [-0.3, -0.25) is 4.79 Å². The molecule has 96 valence electrons. The van der Waals surface area contributed by atoms with Crippen LogP contribution in [0, 0.1) is 0 Å². The van der Waals surface area contributed by atoms with Gasteiger partial charge in [-0.1, -0.05) is 0 Å². The number of rotatable bonds is 3. The van der Waals surface area contributed by atoms with E-state index in [4.69, 9.17) is 0 Å². The Balaban J connectivity index is 2.12. The summed E-state index contributed by atoms with van der Waals surface area (Å²) in [6, 6.07) is 3.60. The number of anilines is 1. The van der Waals surface area contributed by atoms with Crippen molar-refractivity contribution in [1.29, 1.82) is 0 Å². The molecule has 0 aromatic carbocycles. The smallest absolute Gasteiger partial charge is 0.376 e. The van der Waals surface area contributed by atoms with E-state index in [1.165, 1.54) is 0 Å². The van der Waals surface area contributed by atoms with Crippen LogP contribution in [0.2, 0.25) is 6.82 Å². The number of carbonyl (C=O) groups is 1. The van der Waals surface area contributed by atoms with E-state index in [9.17, 15) is 9.82 Å². The van der Waals surface area contributed by atoms with Crippen LogP contribution >= 0.6 is 0 Å². The first-order valence-electron chi connectivity index (χ1n) is 6.22. The fourth-order valence-electron chi connectivity index (χ4n) is 2.23. The van der Waals surface area contributed by atoms with Gasteiger partial charge in [0, 0.05) is 32.4 Å². The van der Waals surface area contributed by atoms with E-state index < -0.39 is 7.05 Å². The molecule has 0 amide bonds. The molecule has 1 N–H and O–H groups in total. The Bertz CT molecular complexity index is 431. The Hall–Kier alpha value is -1.40. The Morgan fingerprint density at radius 2 is 2.06 bits per heavy atom. The second-order valence-electron chi connectivity index (χ2n) is 4.59. The van der Waals surface area contributed by atoms with Crippen LogP contribution in [0.25, 0.3) is 0 Å². The lowest BCUT2D eigenvalue weighted by atomic mass is 9.84. The molecule has 5 nitrogen and oxygen atoms in total. The van der Waals surface area contributed by atoms with Crippen molar-refractivity contribution in [2.75, 3.05) is 31.1 Å². The highest BCUT2D eigenvalue weighted by Crippen LogP contribution is 2.19. The lowest BCUT2D eigenvalue weighted by Crippen LogP contribution is -2.52. The van der Waals surface area contributed by atoms with Gasteiger partial charge in [0.15, 0.2) is 5.78 Å². The van der Waals surface area contributed by atoms with Gasteiger partial charge in [-0.05, 0) is 25.9 Å². The van der Waals surface area contributed by atoms with Crippen LogP contribution in [0.5, 0.6) is 0 Å². The van der Waals surface area contributed by atoms with Crippen molar-refractivity contribution in [2.45, 2.75) is 13.7 Å². The molecule has 1 saturated heterocycles. The van der Waals surface area contributed by atoms with Crippen molar-refractivity contribution < 1.29 is 9.82 Å². The largest absolute Gasteiger partial charge is 0.437 e. The Morgan fingerprint density at radius 3 is 2.61 bits per heavy atom. The summed E-state index contributed by atoms with van der Waals surface area (Å²) < 4.78 is 0. The maximum Gasteiger partial charge on any atom is 0.376 e. The molecule has 0 radical (unpaired) electrons. The van der Waals surface area contributed by atoms with E-state index in [1.54, 1.807) is 26.0 Å². The van der Waals surface area contributed by atoms with E-state index in [2.05, 4.69) is 9.88 Å². The van der Waals surface area contributed by atoms with E-state index in [0.717, 1.165) is 32.0 Å². The highest BCUT2D eigenvalue weighted by Gasteiger charge is 2.24. The molecule has 0 unspecified atom stereocenters. The molecule has 1 aliphatic heterocycles. The number of hydrogen-bond acceptors (Lipinski definition) is 5. The van der Waals surface area contributed by atoms with Crippen molar-refractivity contribution in [3.8, 4) is 0 Å². The molecule has 0 aliphatic carbocycles. The summed E-state index contributed by atoms with van der Waals surface area (Å²) in [6.07, 6.45) is 1.71. The molecule has 0 bridgehead atoms.